The average Bonchev–Trinajstić information content (AvgIpc) is 2.88. The van der Waals surface area contributed by atoms with Crippen LogP contribution in [0, 0.1) is 10.1 Å². The molecule has 0 saturated heterocycles. The molecule has 0 saturated carbocycles. The second-order valence-electron chi connectivity index (χ2n) is 5.47. The van der Waals surface area contributed by atoms with Gasteiger partial charge in [0.25, 0.3) is 5.69 Å². The van der Waals surface area contributed by atoms with Crippen molar-refractivity contribution in [2.45, 2.75) is 6.10 Å². The Balaban J connectivity index is 1.66. The van der Waals surface area contributed by atoms with Crippen molar-refractivity contribution in [2.24, 2.45) is 0 Å². The van der Waals surface area contributed by atoms with Gasteiger partial charge in [-0.05, 0) is 18.2 Å². The van der Waals surface area contributed by atoms with Gasteiger partial charge in [-0.1, -0.05) is 29.3 Å². The number of carbonyl (C=O) groups is 1. The molecule has 0 bridgehead atoms. The van der Waals surface area contributed by atoms with Gasteiger partial charge >= 0.3 is 0 Å². The topological polar surface area (TPSA) is 93.5 Å². The third-order valence-electron chi connectivity index (χ3n) is 3.91. The summed E-state index contributed by atoms with van der Waals surface area (Å²) in [6.07, 6.45) is -0.918. The number of fused-ring (bicyclic) bond motifs is 1. The summed E-state index contributed by atoms with van der Waals surface area (Å²) in [6, 6.07) is 9.03. The fourth-order valence-electron chi connectivity index (χ4n) is 2.72. The minimum atomic E-state index is -0.918. The Hall–Kier alpha value is -2.77. The van der Waals surface area contributed by atoms with E-state index in [4.69, 9.17) is 27.9 Å². The van der Waals surface area contributed by atoms with E-state index in [1.807, 2.05) is 0 Å². The maximum absolute atomic E-state index is 12.7. The van der Waals surface area contributed by atoms with Crippen LogP contribution in [0.15, 0.2) is 48.0 Å². The number of anilines is 2. The van der Waals surface area contributed by atoms with Gasteiger partial charge in [-0.15, -0.1) is 0 Å². The number of nitrogens with one attached hydrogen (secondary N) is 2. The van der Waals surface area contributed by atoms with Gasteiger partial charge in [0.05, 0.1) is 16.3 Å². The molecule has 25 heavy (non-hydrogen) atoms. The summed E-state index contributed by atoms with van der Waals surface area (Å²) in [6.45, 7) is 0. The minimum absolute atomic E-state index is 0.0706. The maximum atomic E-state index is 12.7. The molecule has 0 aliphatic carbocycles. The highest BCUT2D eigenvalue weighted by atomic mass is 35.5. The highest BCUT2D eigenvalue weighted by Gasteiger charge is 2.40. The van der Waals surface area contributed by atoms with Crippen molar-refractivity contribution in [3.05, 3.63) is 73.7 Å². The predicted octanol–water partition coefficient (Wildman–Crippen LogP) is 4.25. The SMILES string of the molecule is O=C1C2=C(Nc3cc([N+](=O)[O-])ccc3N2)OC1c1ccc(Cl)cc1Cl. The van der Waals surface area contributed by atoms with E-state index in [0.29, 0.717) is 27.0 Å². The summed E-state index contributed by atoms with van der Waals surface area (Å²) in [7, 11) is 0. The fourth-order valence-corrected chi connectivity index (χ4v) is 3.23. The molecule has 0 spiro atoms. The highest BCUT2D eigenvalue weighted by Crippen LogP contribution is 2.42. The second kappa shape index (κ2) is 5.65. The zero-order chi connectivity index (χ0) is 17.7. The average molecular weight is 378 g/mol. The number of nitro benzene ring substituents is 1. The van der Waals surface area contributed by atoms with Crippen LogP contribution in [0.1, 0.15) is 11.7 Å². The number of hydrogen-bond acceptors (Lipinski definition) is 6. The van der Waals surface area contributed by atoms with Gasteiger partial charge in [0, 0.05) is 27.7 Å². The van der Waals surface area contributed by atoms with Gasteiger partial charge in [0.2, 0.25) is 11.7 Å². The smallest absolute Gasteiger partial charge is 0.271 e. The van der Waals surface area contributed by atoms with Crippen molar-refractivity contribution >= 4 is 46.0 Å². The predicted molar refractivity (Wildman–Crippen MR) is 92.7 cm³/mol. The largest absolute Gasteiger partial charge is 0.461 e. The maximum Gasteiger partial charge on any atom is 0.271 e. The Labute approximate surface area is 151 Å². The third kappa shape index (κ3) is 2.57. The van der Waals surface area contributed by atoms with Gasteiger partial charge in [0.15, 0.2) is 6.10 Å². The fraction of sp³-hybridized carbons (Fsp3) is 0.0625. The Kier molecular flexibility index (Phi) is 3.55. The first-order valence-electron chi connectivity index (χ1n) is 7.16. The zero-order valence-corrected chi connectivity index (χ0v) is 13.9. The monoisotopic (exact) mass is 377 g/mol. The van der Waals surface area contributed by atoms with Gasteiger partial charge in [0.1, 0.15) is 5.70 Å². The van der Waals surface area contributed by atoms with Gasteiger partial charge in [-0.2, -0.15) is 0 Å². The molecule has 2 aliphatic heterocycles. The molecule has 4 rings (SSSR count). The van der Waals surface area contributed by atoms with Crippen molar-refractivity contribution in [3.8, 4) is 0 Å². The van der Waals surface area contributed by atoms with Crippen molar-refractivity contribution in [3.63, 3.8) is 0 Å². The Bertz CT molecular complexity index is 974. The number of benzene rings is 2. The van der Waals surface area contributed by atoms with Gasteiger partial charge < -0.3 is 15.4 Å². The third-order valence-corrected chi connectivity index (χ3v) is 4.48. The first-order valence-corrected chi connectivity index (χ1v) is 7.92. The van der Waals surface area contributed by atoms with Crippen LogP contribution in [0.3, 0.4) is 0 Å². The summed E-state index contributed by atoms with van der Waals surface area (Å²) in [5.41, 5.74) is 1.66. The number of rotatable bonds is 2. The van der Waals surface area contributed by atoms with Crippen LogP contribution in [-0.2, 0) is 9.53 Å². The van der Waals surface area contributed by atoms with E-state index < -0.39 is 11.0 Å². The van der Waals surface area contributed by atoms with Crippen molar-refractivity contribution in [1.29, 1.82) is 0 Å². The van der Waals surface area contributed by atoms with Crippen molar-refractivity contribution in [2.75, 3.05) is 10.6 Å². The zero-order valence-electron chi connectivity index (χ0n) is 12.4. The molecule has 2 aromatic rings. The summed E-state index contributed by atoms with van der Waals surface area (Å²) >= 11 is 12.0. The lowest BCUT2D eigenvalue weighted by Gasteiger charge is -2.19. The molecule has 9 heteroatoms. The molecule has 2 aromatic carbocycles. The van der Waals surface area contributed by atoms with Crippen LogP contribution in [0.25, 0.3) is 0 Å². The number of Topliss-reactive ketones (excluding diaryl/α,β-unsaturated/α-hetero) is 1. The number of non-ortho nitro benzene ring substituents is 1. The lowest BCUT2D eigenvalue weighted by Crippen LogP contribution is -2.18. The summed E-state index contributed by atoms with van der Waals surface area (Å²) in [5, 5.41) is 17.5. The van der Waals surface area contributed by atoms with E-state index in [0.717, 1.165) is 0 Å². The highest BCUT2D eigenvalue weighted by molar-refractivity contribution is 6.35. The van der Waals surface area contributed by atoms with Crippen molar-refractivity contribution < 1.29 is 14.5 Å². The lowest BCUT2D eigenvalue weighted by atomic mass is 10.0. The van der Waals surface area contributed by atoms with Crippen LogP contribution < -0.4 is 10.6 Å². The summed E-state index contributed by atoms with van der Waals surface area (Å²) < 4.78 is 5.70. The van der Waals surface area contributed by atoms with Gasteiger partial charge in [-0.3, -0.25) is 14.9 Å². The van der Waals surface area contributed by atoms with Crippen LogP contribution in [0.4, 0.5) is 17.1 Å². The van der Waals surface area contributed by atoms with Crippen LogP contribution in [0.5, 0.6) is 0 Å². The Morgan fingerprint density at radius 2 is 1.88 bits per heavy atom. The molecule has 1 atom stereocenters. The van der Waals surface area contributed by atoms with Crippen LogP contribution in [-0.4, -0.2) is 10.7 Å². The molecule has 2 aliphatic rings. The van der Waals surface area contributed by atoms with E-state index in [-0.39, 0.29) is 23.1 Å². The summed E-state index contributed by atoms with van der Waals surface area (Å²) in [4.78, 5) is 23.1. The molecular formula is C16H9Cl2N3O4. The van der Waals surface area contributed by atoms with Gasteiger partial charge in [-0.25, -0.2) is 0 Å². The first-order chi connectivity index (χ1) is 11.9. The number of carbonyl (C=O) groups excluding carboxylic acids is 1. The molecule has 2 heterocycles. The number of ether oxygens (including phenoxy) is 1. The van der Waals surface area contributed by atoms with E-state index in [2.05, 4.69) is 10.6 Å². The van der Waals surface area contributed by atoms with Crippen LogP contribution >= 0.6 is 23.2 Å². The number of ketones is 1. The number of halogens is 2. The molecular weight excluding hydrogens is 369 g/mol. The molecule has 0 fully saturated rings. The quantitative estimate of drug-likeness (QED) is 0.600. The van der Waals surface area contributed by atoms with E-state index >= 15 is 0 Å². The molecule has 7 nitrogen and oxygen atoms in total. The van der Waals surface area contributed by atoms with Crippen molar-refractivity contribution in [1.82, 2.24) is 0 Å². The lowest BCUT2D eigenvalue weighted by molar-refractivity contribution is -0.384. The second-order valence-corrected chi connectivity index (χ2v) is 6.31. The first kappa shape index (κ1) is 15.7. The molecule has 0 aromatic heterocycles. The minimum Gasteiger partial charge on any atom is -0.461 e. The molecule has 0 radical (unpaired) electrons. The van der Waals surface area contributed by atoms with Crippen LogP contribution in [0.2, 0.25) is 10.0 Å². The Morgan fingerprint density at radius 1 is 1.08 bits per heavy atom. The molecule has 126 valence electrons. The number of nitro groups is 1. The Morgan fingerprint density at radius 3 is 2.60 bits per heavy atom. The van der Waals surface area contributed by atoms with E-state index in [9.17, 15) is 14.9 Å². The molecule has 0 amide bonds. The van der Waals surface area contributed by atoms with E-state index in [1.54, 1.807) is 12.1 Å². The normalized spacial score (nSPS) is 18.0. The number of nitrogens with zero attached hydrogens (tertiary/aromatic N) is 1. The molecule has 2 N–H and O–H groups in total. The standard InChI is InChI=1S/C16H9Cl2N3O4/c17-7-1-3-9(10(18)5-7)15-14(22)13-16(25-15)20-12-6-8(21(23)24)2-4-11(12)19-13/h1-6,15,19-20H. The molecule has 1 unspecified atom stereocenters. The number of hydrogen-bond donors (Lipinski definition) is 2. The summed E-state index contributed by atoms with van der Waals surface area (Å²) in [5.74, 6) is -0.0928. The van der Waals surface area contributed by atoms with E-state index in [1.165, 1.54) is 24.3 Å².